The molecule has 2 N–H and O–H groups in total. The molecular weight excluding hydrogens is 362 g/mol. The highest BCUT2D eigenvalue weighted by atomic mass is 16.7. The Kier molecular flexibility index (Phi) is 7.44. The molecule has 1 aromatic heterocycles. The maximum Gasteiger partial charge on any atom is 0.351 e. The van der Waals surface area contributed by atoms with Crippen LogP contribution in [0.4, 0.5) is 5.82 Å². The van der Waals surface area contributed by atoms with E-state index < -0.39 is 18.2 Å². The van der Waals surface area contributed by atoms with Gasteiger partial charge in [-0.15, -0.1) is 0 Å². The van der Waals surface area contributed by atoms with Crippen molar-refractivity contribution in [3.8, 4) is 0 Å². The Balaban J connectivity index is 1.38. The predicted octanol–water partition coefficient (Wildman–Crippen LogP) is 2.63. The van der Waals surface area contributed by atoms with Crippen molar-refractivity contribution in [2.45, 2.75) is 70.8 Å². The predicted molar refractivity (Wildman–Crippen MR) is 103 cm³/mol. The zero-order chi connectivity index (χ0) is 19.9. The van der Waals surface area contributed by atoms with Gasteiger partial charge in [-0.1, -0.05) is 32.6 Å². The van der Waals surface area contributed by atoms with Crippen LogP contribution in [0.3, 0.4) is 0 Å². The fourth-order valence-corrected chi connectivity index (χ4v) is 3.96. The van der Waals surface area contributed by atoms with Gasteiger partial charge in [-0.25, -0.2) is 4.79 Å². The first kappa shape index (κ1) is 20.8. The number of hydrogen-bond donors (Lipinski definition) is 1. The van der Waals surface area contributed by atoms with E-state index in [0.29, 0.717) is 0 Å². The van der Waals surface area contributed by atoms with Crippen LogP contribution in [-0.2, 0) is 19.0 Å². The van der Waals surface area contributed by atoms with Gasteiger partial charge in [0.1, 0.15) is 12.4 Å². The smallest absolute Gasteiger partial charge is 0.351 e. The standard InChI is InChI=1S/C20H31N3O5/c1-2-3-4-5-14-6-8-15(9-7-14)19(24)27-13-18-26-12-17(28-18)23-11-10-16(21)22-20(23)25/h10-11,14-15,17-18H,2-9,12-13H2,1H3,(H2,21,22,25)/t14?,15?,17-,18-/m0/s1. The normalized spacial score (nSPS) is 27.6. The summed E-state index contributed by atoms with van der Waals surface area (Å²) >= 11 is 0. The van der Waals surface area contributed by atoms with E-state index >= 15 is 0 Å². The minimum Gasteiger partial charge on any atom is -0.460 e. The lowest BCUT2D eigenvalue weighted by atomic mass is 9.80. The summed E-state index contributed by atoms with van der Waals surface area (Å²) in [6.45, 7) is 2.44. The van der Waals surface area contributed by atoms with Crippen LogP contribution in [0.5, 0.6) is 0 Å². The first-order valence-corrected chi connectivity index (χ1v) is 10.3. The third-order valence-electron chi connectivity index (χ3n) is 5.65. The zero-order valence-electron chi connectivity index (χ0n) is 16.5. The number of hydrogen-bond acceptors (Lipinski definition) is 7. The van der Waals surface area contributed by atoms with Crippen molar-refractivity contribution in [3.05, 3.63) is 22.7 Å². The fourth-order valence-electron chi connectivity index (χ4n) is 3.96. The summed E-state index contributed by atoms with van der Waals surface area (Å²) in [7, 11) is 0. The van der Waals surface area contributed by atoms with Crippen molar-refractivity contribution in [1.82, 2.24) is 9.55 Å². The largest absolute Gasteiger partial charge is 0.460 e. The molecule has 1 saturated heterocycles. The SMILES string of the molecule is CCCCCC1CCC(C(=O)OC[C@H]2OC[C@@H](n3ccc(N)nc3=O)O2)CC1. The third-order valence-corrected chi connectivity index (χ3v) is 5.65. The van der Waals surface area contributed by atoms with E-state index in [4.69, 9.17) is 19.9 Å². The van der Waals surface area contributed by atoms with Crippen LogP contribution in [0.2, 0.25) is 0 Å². The molecular formula is C20H31N3O5. The molecule has 1 aliphatic heterocycles. The summed E-state index contributed by atoms with van der Waals surface area (Å²) in [5.41, 5.74) is 4.99. The van der Waals surface area contributed by atoms with Crippen molar-refractivity contribution in [3.63, 3.8) is 0 Å². The molecule has 0 spiro atoms. The summed E-state index contributed by atoms with van der Waals surface area (Å²) in [5.74, 6) is 0.716. The monoisotopic (exact) mass is 393 g/mol. The summed E-state index contributed by atoms with van der Waals surface area (Å²) in [5, 5.41) is 0. The number of aromatic nitrogens is 2. The Hall–Kier alpha value is -1.93. The number of rotatable bonds is 8. The molecule has 2 heterocycles. The maximum absolute atomic E-state index is 12.4. The van der Waals surface area contributed by atoms with Crippen molar-refractivity contribution >= 4 is 11.8 Å². The lowest BCUT2D eigenvalue weighted by Gasteiger charge is -2.27. The Morgan fingerprint density at radius 2 is 2.11 bits per heavy atom. The molecule has 2 aliphatic rings. The lowest BCUT2D eigenvalue weighted by molar-refractivity contribution is -0.164. The lowest BCUT2D eigenvalue weighted by Crippen LogP contribution is -2.29. The molecule has 0 unspecified atom stereocenters. The van der Waals surface area contributed by atoms with Crippen molar-refractivity contribution in [2.24, 2.45) is 11.8 Å². The number of ether oxygens (including phenoxy) is 3. The van der Waals surface area contributed by atoms with E-state index in [9.17, 15) is 9.59 Å². The summed E-state index contributed by atoms with van der Waals surface area (Å²) < 4.78 is 17.9. The molecule has 2 atom stereocenters. The minimum absolute atomic E-state index is 0.0245. The van der Waals surface area contributed by atoms with Gasteiger partial charge in [0.25, 0.3) is 0 Å². The quantitative estimate of drug-likeness (QED) is 0.534. The molecule has 1 aromatic rings. The molecule has 0 radical (unpaired) electrons. The van der Waals surface area contributed by atoms with Crippen LogP contribution in [0.15, 0.2) is 17.1 Å². The fraction of sp³-hybridized carbons (Fsp3) is 0.750. The Bertz CT molecular complexity index is 699. The highest BCUT2D eigenvalue weighted by Gasteiger charge is 2.31. The molecule has 0 amide bonds. The van der Waals surface area contributed by atoms with E-state index in [-0.39, 0.29) is 30.9 Å². The zero-order valence-corrected chi connectivity index (χ0v) is 16.5. The van der Waals surface area contributed by atoms with Crippen LogP contribution in [0, 0.1) is 11.8 Å². The molecule has 3 rings (SSSR count). The van der Waals surface area contributed by atoms with E-state index in [2.05, 4.69) is 11.9 Å². The maximum atomic E-state index is 12.4. The van der Waals surface area contributed by atoms with Gasteiger partial charge in [0.15, 0.2) is 12.5 Å². The first-order valence-electron chi connectivity index (χ1n) is 10.3. The molecule has 8 heteroatoms. The van der Waals surface area contributed by atoms with Gasteiger partial charge in [0.2, 0.25) is 0 Å². The molecule has 28 heavy (non-hydrogen) atoms. The first-order chi connectivity index (χ1) is 13.6. The van der Waals surface area contributed by atoms with Crippen molar-refractivity contribution in [2.75, 3.05) is 18.9 Å². The number of carbonyl (C=O) groups is 1. The van der Waals surface area contributed by atoms with Gasteiger partial charge in [0, 0.05) is 6.20 Å². The number of anilines is 1. The third kappa shape index (κ3) is 5.54. The minimum atomic E-state index is -0.677. The number of carbonyl (C=O) groups excluding carboxylic acids is 1. The number of nitrogens with zero attached hydrogens (tertiary/aromatic N) is 2. The molecule has 0 bridgehead atoms. The Labute approximate surface area is 165 Å². The summed E-state index contributed by atoms with van der Waals surface area (Å²) in [6, 6.07) is 1.52. The highest BCUT2D eigenvalue weighted by molar-refractivity contribution is 5.72. The van der Waals surface area contributed by atoms with Gasteiger partial charge in [-0.05, 0) is 37.7 Å². The molecule has 8 nitrogen and oxygen atoms in total. The second kappa shape index (κ2) is 10.0. The molecule has 1 saturated carbocycles. The second-order valence-corrected chi connectivity index (χ2v) is 7.74. The molecule has 1 aliphatic carbocycles. The van der Waals surface area contributed by atoms with E-state index in [0.717, 1.165) is 31.6 Å². The van der Waals surface area contributed by atoms with Crippen LogP contribution < -0.4 is 11.4 Å². The van der Waals surface area contributed by atoms with Crippen LogP contribution in [-0.4, -0.2) is 35.0 Å². The van der Waals surface area contributed by atoms with Crippen LogP contribution >= 0.6 is 0 Å². The van der Waals surface area contributed by atoms with Gasteiger partial charge >= 0.3 is 11.7 Å². The Morgan fingerprint density at radius 3 is 2.82 bits per heavy atom. The van der Waals surface area contributed by atoms with Gasteiger partial charge in [0.05, 0.1) is 12.5 Å². The molecule has 156 valence electrons. The van der Waals surface area contributed by atoms with Crippen LogP contribution in [0.25, 0.3) is 0 Å². The van der Waals surface area contributed by atoms with Crippen molar-refractivity contribution in [1.29, 1.82) is 0 Å². The number of esters is 1. The number of unbranched alkanes of at least 4 members (excludes halogenated alkanes) is 2. The van der Waals surface area contributed by atoms with Gasteiger partial charge in [-0.3, -0.25) is 9.36 Å². The average molecular weight is 393 g/mol. The number of nitrogen functional groups attached to an aromatic ring is 1. The molecule has 0 aromatic carbocycles. The number of nitrogens with two attached hydrogens (primary N) is 1. The van der Waals surface area contributed by atoms with E-state index in [1.165, 1.54) is 42.5 Å². The second-order valence-electron chi connectivity index (χ2n) is 7.74. The Morgan fingerprint density at radius 1 is 1.32 bits per heavy atom. The highest BCUT2D eigenvalue weighted by Crippen LogP contribution is 2.33. The molecule has 2 fully saturated rings. The van der Waals surface area contributed by atoms with Crippen molar-refractivity contribution < 1.29 is 19.0 Å². The van der Waals surface area contributed by atoms with Gasteiger partial charge < -0.3 is 19.9 Å². The topological polar surface area (TPSA) is 106 Å². The summed E-state index contributed by atoms with van der Waals surface area (Å²) in [4.78, 5) is 27.9. The summed E-state index contributed by atoms with van der Waals surface area (Å²) in [6.07, 6.45) is 9.37. The van der Waals surface area contributed by atoms with E-state index in [1.54, 1.807) is 0 Å². The van der Waals surface area contributed by atoms with E-state index in [1.807, 2.05) is 0 Å². The van der Waals surface area contributed by atoms with Crippen LogP contribution in [0.1, 0.15) is 64.5 Å². The van der Waals surface area contributed by atoms with Gasteiger partial charge in [-0.2, -0.15) is 4.98 Å². The average Bonchev–Trinajstić information content (AvgIpc) is 3.15.